The van der Waals surface area contributed by atoms with Crippen LogP contribution in [-0.4, -0.2) is 24.3 Å². The summed E-state index contributed by atoms with van der Waals surface area (Å²) in [4.78, 5) is 33.4. The number of isocyanates is 4. The molecule has 0 unspecified atom stereocenters. The van der Waals surface area contributed by atoms with E-state index in [9.17, 15) is 0 Å². The van der Waals surface area contributed by atoms with Crippen LogP contribution in [0.2, 0.25) is 0 Å². The fraction of sp³-hybridized carbons (Fsp3) is 0.0588. The molecule has 0 aliphatic heterocycles. The first-order chi connectivity index (χ1) is 11.7. The van der Waals surface area contributed by atoms with Gasteiger partial charge in [0.1, 0.15) is 0 Å². The average molecular weight is 344 g/mol. The number of hydrogen-bond donors (Lipinski definition) is 4. The molecule has 0 aliphatic rings. The molecule has 0 aliphatic carbocycles. The molecule has 0 aromatic heterocycles. The van der Waals surface area contributed by atoms with Crippen molar-refractivity contribution >= 4 is 24.3 Å². The highest BCUT2D eigenvalue weighted by Crippen LogP contribution is 1.80. The molecule has 0 bridgehead atoms. The number of benzene rings is 2. The Balaban J connectivity index is -0.0000000663. The van der Waals surface area contributed by atoms with E-state index in [1.54, 1.807) is 0 Å². The molecule has 0 saturated carbocycles. The first-order valence-electron chi connectivity index (χ1n) is 5.82. The molecule has 132 valence electrons. The van der Waals surface area contributed by atoms with E-state index in [0.29, 0.717) is 0 Å². The molecule has 2 rings (SSSR count). The van der Waals surface area contributed by atoms with Crippen LogP contribution in [0.3, 0.4) is 0 Å². The second-order valence-electron chi connectivity index (χ2n) is 2.72. The van der Waals surface area contributed by atoms with E-state index < -0.39 is 0 Å². The van der Waals surface area contributed by atoms with Crippen LogP contribution in [0.25, 0.3) is 0 Å². The Kier molecular flexibility index (Phi) is 65.8. The third-order valence-electron chi connectivity index (χ3n) is 1.33. The van der Waals surface area contributed by atoms with Crippen molar-refractivity contribution in [3.8, 4) is 0 Å². The van der Waals surface area contributed by atoms with Crippen molar-refractivity contribution in [2.24, 2.45) is 0 Å². The van der Waals surface area contributed by atoms with Gasteiger partial charge in [-0.25, -0.2) is 40.8 Å². The first-order valence-corrected chi connectivity index (χ1v) is 5.82. The minimum Gasteiger partial charge on any atom is -0.222 e. The second-order valence-corrected chi connectivity index (χ2v) is 2.72. The quantitative estimate of drug-likeness (QED) is 0.424. The van der Waals surface area contributed by atoms with E-state index in [1.165, 1.54) is 0 Å². The van der Waals surface area contributed by atoms with Crippen molar-refractivity contribution in [2.75, 3.05) is 0 Å². The standard InChI is InChI=1S/2C6H6.4CHNO.CH4/c2*1-2-4-6-5-3-1;4*2-1-3;/h2*1-6H;4*2H;1H4. The average Bonchev–Trinajstić information content (AvgIpc) is 2.61. The lowest BCUT2D eigenvalue weighted by Crippen LogP contribution is -1.47. The molecule has 2 aromatic carbocycles. The lowest BCUT2D eigenvalue weighted by molar-refractivity contribution is 0.562. The van der Waals surface area contributed by atoms with E-state index in [2.05, 4.69) is 0 Å². The van der Waals surface area contributed by atoms with E-state index in [4.69, 9.17) is 40.8 Å². The largest absolute Gasteiger partial charge is 0.231 e. The molecule has 8 nitrogen and oxygen atoms in total. The zero-order valence-corrected chi connectivity index (χ0v) is 12.6. The topological polar surface area (TPSA) is 164 Å². The van der Waals surface area contributed by atoms with Gasteiger partial charge in [-0.2, -0.15) is 0 Å². The summed E-state index contributed by atoms with van der Waals surface area (Å²) in [6.45, 7) is 0. The zero-order chi connectivity index (χ0) is 19.3. The molecule has 0 spiro atoms. The number of carbonyl (C=O) groups excluding carboxylic acids is 4. The molecule has 0 saturated heterocycles. The molecular weight excluding hydrogens is 324 g/mol. The van der Waals surface area contributed by atoms with E-state index in [0.717, 1.165) is 24.3 Å². The molecule has 2 aromatic rings. The third kappa shape index (κ3) is 102. The van der Waals surface area contributed by atoms with E-state index >= 15 is 0 Å². The first kappa shape index (κ1) is 32.8. The number of nitrogens with one attached hydrogen (secondary N) is 4. The Morgan fingerprint density at radius 3 is 0.440 bits per heavy atom. The highest BCUT2D eigenvalue weighted by atomic mass is 16.1. The van der Waals surface area contributed by atoms with Crippen LogP contribution in [0.1, 0.15) is 7.43 Å². The summed E-state index contributed by atoms with van der Waals surface area (Å²) in [5.74, 6) is 0. The van der Waals surface area contributed by atoms with Crippen LogP contribution in [0, 0.1) is 21.6 Å². The molecular formula is C17H20N4O4. The van der Waals surface area contributed by atoms with Crippen LogP contribution in [0.5, 0.6) is 0 Å². The van der Waals surface area contributed by atoms with Gasteiger partial charge < -0.3 is 0 Å². The minimum absolute atomic E-state index is 0. The van der Waals surface area contributed by atoms with Crippen molar-refractivity contribution in [1.29, 1.82) is 21.6 Å². The Morgan fingerprint density at radius 1 is 0.360 bits per heavy atom. The number of rotatable bonds is 0. The molecule has 0 fully saturated rings. The Hall–Kier alpha value is -4.04. The SMILES string of the molecule is C.N=C=O.N=C=O.N=C=O.N=C=O.c1ccccc1.c1ccccc1. The predicted molar refractivity (Wildman–Crippen MR) is 93.3 cm³/mol. The highest BCUT2D eigenvalue weighted by Gasteiger charge is 1.58. The van der Waals surface area contributed by atoms with Gasteiger partial charge in [0.2, 0.25) is 24.3 Å². The van der Waals surface area contributed by atoms with Crippen molar-refractivity contribution < 1.29 is 19.2 Å². The van der Waals surface area contributed by atoms with E-state index in [-0.39, 0.29) is 7.43 Å². The third-order valence-corrected chi connectivity index (χ3v) is 1.33. The van der Waals surface area contributed by atoms with Gasteiger partial charge in [0, 0.05) is 0 Å². The van der Waals surface area contributed by atoms with Crippen LogP contribution in [-0.2, 0) is 19.2 Å². The summed E-state index contributed by atoms with van der Waals surface area (Å²) in [5, 5.41) is 21.6. The van der Waals surface area contributed by atoms with Gasteiger partial charge in [-0.15, -0.1) is 0 Å². The molecule has 0 amide bonds. The summed E-state index contributed by atoms with van der Waals surface area (Å²) < 4.78 is 0. The fourth-order valence-corrected chi connectivity index (χ4v) is 0.770. The van der Waals surface area contributed by atoms with Gasteiger partial charge >= 0.3 is 0 Å². The van der Waals surface area contributed by atoms with Gasteiger partial charge in [-0.05, 0) is 0 Å². The Labute approximate surface area is 146 Å². The Morgan fingerprint density at radius 2 is 0.400 bits per heavy atom. The Bertz CT molecular complexity index is 448. The maximum absolute atomic E-state index is 8.35. The van der Waals surface area contributed by atoms with Crippen molar-refractivity contribution in [3.63, 3.8) is 0 Å². The minimum atomic E-state index is 0. The van der Waals surface area contributed by atoms with Crippen LogP contribution in [0.15, 0.2) is 72.8 Å². The monoisotopic (exact) mass is 344 g/mol. The maximum atomic E-state index is 8.35. The van der Waals surface area contributed by atoms with E-state index in [1.807, 2.05) is 72.8 Å². The van der Waals surface area contributed by atoms with Gasteiger partial charge in [-0.3, -0.25) is 0 Å². The molecule has 25 heavy (non-hydrogen) atoms. The summed E-state index contributed by atoms with van der Waals surface area (Å²) in [6, 6.07) is 24.0. The molecule has 0 radical (unpaired) electrons. The van der Waals surface area contributed by atoms with Gasteiger partial charge in [0.25, 0.3) is 0 Å². The van der Waals surface area contributed by atoms with Crippen LogP contribution >= 0.6 is 0 Å². The second kappa shape index (κ2) is 50.2. The normalized spacial score (nSPS) is 5.12. The van der Waals surface area contributed by atoms with Crippen molar-refractivity contribution in [3.05, 3.63) is 72.8 Å². The predicted octanol–water partition coefficient (Wildman–Crippen LogP) is 3.61. The van der Waals surface area contributed by atoms with Crippen LogP contribution < -0.4 is 0 Å². The molecule has 8 heteroatoms. The molecule has 0 atom stereocenters. The summed E-state index contributed by atoms with van der Waals surface area (Å²) >= 11 is 0. The molecule has 0 heterocycles. The summed E-state index contributed by atoms with van der Waals surface area (Å²) in [6.07, 6.45) is 3.00. The summed E-state index contributed by atoms with van der Waals surface area (Å²) in [7, 11) is 0. The van der Waals surface area contributed by atoms with Gasteiger partial charge in [-0.1, -0.05) is 80.2 Å². The zero-order valence-electron chi connectivity index (χ0n) is 12.6. The maximum Gasteiger partial charge on any atom is 0.231 e. The fourth-order valence-electron chi connectivity index (χ4n) is 0.770. The number of hydrogen-bond acceptors (Lipinski definition) is 8. The summed E-state index contributed by atoms with van der Waals surface area (Å²) in [5.41, 5.74) is 0. The molecule has 4 N–H and O–H groups in total. The highest BCUT2D eigenvalue weighted by molar-refractivity contribution is 5.26. The van der Waals surface area contributed by atoms with Gasteiger partial charge in [0.15, 0.2) is 0 Å². The van der Waals surface area contributed by atoms with Gasteiger partial charge in [0.05, 0.1) is 0 Å². The van der Waals surface area contributed by atoms with Crippen molar-refractivity contribution in [2.45, 2.75) is 7.43 Å². The smallest absolute Gasteiger partial charge is 0.222 e. The lowest BCUT2D eigenvalue weighted by Gasteiger charge is -1.69. The van der Waals surface area contributed by atoms with Crippen LogP contribution in [0.4, 0.5) is 0 Å². The lowest BCUT2D eigenvalue weighted by atomic mass is 10.4. The van der Waals surface area contributed by atoms with Crippen molar-refractivity contribution in [1.82, 2.24) is 0 Å².